The van der Waals surface area contributed by atoms with Crippen LogP contribution in [0.1, 0.15) is 48.5 Å². The first kappa shape index (κ1) is 36.3. The molecule has 10 atom stereocenters. The van der Waals surface area contributed by atoms with E-state index in [-0.39, 0.29) is 0 Å². The van der Waals surface area contributed by atoms with Gasteiger partial charge in [-0.3, -0.25) is 33.6 Å². The third kappa shape index (κ3) is 10.7. The smallest absolute Gasteiger partial charge is 0.303 e. The fourth-order valence-corrected chi connectivity index (χ4v) is 4.49. The Labute approximate surface area is 251 Å². The molecule has 2 saturated heterocycles. The Bertz CT molecular complexity index is 1090. The monoisotopic (exact) mass is 636 g/mol. The van der Waals surface area contributed by atoms with E-state index in [9.17, 15) is 38.7 Å². The van der Waals surface area contributed by atoms with Crippen molar-refractivity contribution in [2.45, 2.75) is 110 Å². The number of ether oxygens (including phenoxy) is 10. The molecule has 0 radical (unpaired) electrons. The highest BCUT2D eigenvalue weighted by Gasteiger charge is 2.57. The van der Waals surface area contributed by atoms with Crippen LogP contribution in [0.5, 0.6) is 0 Å². The molecule has 2 fully saturated rings. The van der Waals surface area contributed by atoms with E-state index in [2.05, 4.69) is 0 Å². The minimum Gasteiger partial charge on any atom is -0.463 e. The highest BCUT2D eigenvalue weighted by atomic mass is 16.8. The van der Waals surface area contributed by atoms with Crippen molar-refractivity contribution in [2.24, 2.45) is 0 Å². The molecular formula is C26H36O18. The molecule has 0 aromatic carbocycles. The van der Waals surface area contributed by atoms with E-state index < -0.39 is 116 Å². The number of carbonyl (C=O) groups is 7. The summed E-state index contributed by atoms with van der Waals surface area (Å²) in [7, 11) is 0. The lowest BCUT2D eigenvalue weighted by Crippen LogP contribution is -2.67. The SMILES string of the molecule is CC(=O)OC[C@H]1O[C@@H](O[C@H]2[C@H](OC(C)=O)[C@@H](OC(C)=O)C(O)O[C@@H]2COC(C)=O)[C@H](OC(C)=O)[C@@H](OC(C)=O)[C@@H]1OC(C)=O. The molecule has 0 bridgehead atoms. The van der Waals surface area contributed by atoms with Crippen molar-refractivity contribution in [1.29, 1.82) is 0 Å². The van der Waals surface area contributed by atoms with Crippen LogP contribution in [0.4, 0.5) is 0 Å². The molecule has 44 heavy (non-hydrogen) atoms. The average molecular weight is 637 g/mol. The van der Waals surface area contributed by atoms with Gasteiger partial charge in [0.1, 0.15) is 31.5 Å². The first-order valence-corrected chi connectivity index (χ1v) is 13.3. The van der Waals surface area contributed by atoms with Gasteiger partial charge in [-0.1, -0.05) is 0 Å². The molecule has 248 valence electrons. The quantitative estimate of drug-likeness (QED) is 0.203. The Morgan fingerprint density at radius 2 is 0.841 bits per heavy atom. The van der Waals surface area contributed by atoms with Gasteiger partial charge in [-0.05, 0) is 0 Å². The summed E-state index contributed by atoms with van der Waals surface area (Å²) in [5, 5.41) is 10.6. The molecule has 2 aliphatic rings. The summed E-state index contributed by atoms with van der Waals surface area (Å²) in [6.07, 6.45) is -16.3. The summed E-state index contributed by atoms with van der Waals surface area (Å²) in [5.41, 5.74) is 0. The van der Waals surface area contributed by atoms with Crippen LogP contribution in [-0.2, 0) is 80.9 Å². The van der Waals surface area contributed by atoms with Crippen LogP contribution in [0.25, 0.3) is 0 Å². The van der Waals surface area contributed by atoms with Gasteiger partial charge in [-0.2, -0.15) is 0 Å². The Morgan fingerprint density at radius 3 is 1.27 bits per heavy atom. The first-order chi connectivity index (χ1) is 20.5. The maximum absolute atomic E-state index is 12.2. The summed E-state index contributed by atoms with van der Waals surface area (Å²) in [6.45, 7) is 6.11. The molecule has 0 aliphatic carbocycles. The Morgan fingerprint density at radius 1 is 0.477 bits per heavy atom. The zero-order valence-corrected chi connectivity index (χ0v) is 25.1. The van der Waals surface area contributed by atoms with Crippen molar-refractivity contribution < 1.29 is 86.0 Å². The number of rotatable bonds is 11. The summed E-state index contributed by atoms with van der Waals surface area (Å²) in [5.74, 6) is -6.03. The van der Waals surface area contributed by atoms with E-state index in [0.29, 0.717) is 0 Å². The van der Waals surface area contributed by atoms with Crippen molar-refractivity contribution >= 4 is 41.8 Å². The van der Waals surface area contributed by atoms with E-state index in [0.717, 1.165) is 48.5 Å². The Hall–Kier alpha value is -3.87. The molecule has 1 N–H and O–H groups in total. The van der Waals surface area contributed by atoms with Crippen molar-refractivity contribution in [2.75, 3.05) is 13.2 Å². The van der Waals surface area contributed by atoms with E-state index in [1.165, 1.54) is 0 Å². The molecule has 0 aromatic rings. The number of hydrogen-bond acceptors (Lipinski definition) is 18. The summed E-state index contributed by atoms with van der Waals surface area (Å²) in [6, 6.07) is 0. The summed E-state index contributed by atoms with van der Waals surface area (Å²) < 4.78 is 54.1. The van der Waals surface area contributed by atoms with Gasteiger partial charge in [0.05, 0.1) is 0 Å². The Balaban J connectivity index is 2.66. The third-order valence-electron chi connectivity index (χ3n) is 5.90. The minimum atomic E-state index is -1.90. The molecule has 0 saturated carbocycles. The van der Waals surface area contributed by atoms with E-state index in [1.54, 1.807) is 0 Å². The summed E-state index contributed by atoms with van der Waals surface area (Å²) in [4.78, 5) is 83.5. The molecule has 2 heterocycles. The highest BCUT2D eigenvalue weighted by Crippen LogP contribution is 2.34. The predicted molar refractivity (Wildman–Crippen MR) is 135 cm³/mol. The normalized spacial score (nSPS) is 31.5. The molecule has 0 spiro atoms. The van der Waals surface area contributed by atoms with Crippen molar-refractivity contribution in [3.05, 3.63) is 0 Å². The lowest BCUT2D eigenvalue weighted by atomic mass is 9.96. The largest absolute Gasteiger partial charge is 0.463 e. The standard InChI is InChI=1S/C26H36O18/c1-10(27)35-8-17-20(21(38-13(4)30)23(25(34)42-17)40-15(6)32)44-26-24(41-16(7)33)22(39-14(5)31)19(37-12(3)29)18(43-26)9-36-11(2)28/h17-26,34H,8-9H2,1-7H3/t17-,18-,19-,20-,21+,22+,23-,24-,25?,26+/m1/s1. The topological polar surface area (TPSA) is 232 Å². The lowest BCUT2D eigenvalue weighted by molar-refractivity contribution is -0.357. The fourth-order valence-electron chi connectivity index (χ4n) is 4.49. The van der Waals surface area contributed by atoms with Crippen LogP contribution >= 0.6 is 0 Å². The van der Waals surface area contributed by atoms with Crippen LogP contribution in [0, 0.1) is 0 Å². The molecular weight excluding hydrogens is 600 g/mol. The number of aliphatic hydroxyl groups is 1. The fraction of sp³-hybridized carbons (Fsp3) is 0.731. The summed E-state index contributed by atoms with van der Waals surface area (Å²) >= 11 is 0. The van der Waals surface area contributed by atoms with E-state index >= 15 is 0 Å². The number of hydrogen-bond donors (Lipinski definition) is 1. The van der Waals surface area contributed by atoms with Gasteiger partial charge in [0, 0.05) is 48.5 Å². The van der Waals surface area contributed by atoms with Crippen LogP contribution in [-0.4, -0.2) is 122 Å². The predicted octanol–water partition coefficient (Wildman–Crippen LogP) is -1.40. The van der Waals surface area contributed by atoms with Crippen molar-refractivity contribution in [1.82, 2.24) is 0 Å². The first-order valence-electron chi connectivity index (χ1n) is 13.3. The van der Waals surface area contributed by atoms with E-state index in [1.807, 2.05) is 0 Å². The number of aliphatic hydroxyl groups excluding tert-OH is 1. The van der Waals surface area contributed by atoms with Crippen molar-refractivity contribution in [3.8, 4) is 0 Å². The minimum absolute atomic E-state index is 0.572. The molecule has 2 aliphatic heterocycles. The van der Waals surface area contributed by atoms with Gasteiger partial charge in [-0.25, -0.2) is 0 Å². The van der Waals surface area contributed by atoms with Crippen LogP contribution in [0.2, 0.25) is 0 Å². The molecule has 1 unspecified atom stereocenters. The van der Waals surface area contributed by atoms with Gasteiger partial charge < -0.3 is 52.5 Å². The van der Waals surface area contributed by atoms with Gasteiger partial charge in [-0.15, -0.1) is 0 Å². The van der Waals surface area contributed by atoms with Crippen LogP contribution < -0.4 is 0 Å². The van der Waals surface area contributed by atoms with Gasteiger partial charge in [0.15, 0.2) is 43.1 Å². The Kier molecular flexibility index (Phi) is 13.4. The maximum Gasteiger partial charge on any atom is 0.303 e. The molecule has 0 aromatic heterocycles. The zero-order valence-electron chi connectivity index (χ0n) is 25.1. The maximum atomic E-state index is 12.2. The lowest BCUT2D eigenvalue weighted by Gasteiger charge is -2.48. The van der Waals surface area contributed by atoms with Crippen molar-refractivity contribution in [3.63, 3.8) is 0 Å². The molecule has 0 amide bonds. The van der Waals surface area contributed by atoms with Crippen LogP contribution in [0.3, 0.4) is 0 Å². The second kappa shape index (κ2) is 16.3. The second-order valence-corrected chi connectivity index (χ2v) is 9.68. The average Bonchev–Trinajstić information content (AvgIpc) is 2.87. The number of carbonyl (C=O) groups excluding carboxylic acids is 7. The highest BCUT2D eigenvalue weighted by molar-refractivity contribution is 5.69. The number of esters is 7. The van der Waals surface area contributed by atoms with E-state index in [4.69, 9.17) is 47.4 Å². The second-order valence-electron chi connectivity index (χ2n) is 9.68. The molecule has 18 heteroatoms. The van der Waals surface area contributed by atoms with Crippen LogP contribution in [0.15, 0.2) is 0 Å². The van der Waals surface area contributed by atoms with Gasteiger partial charge >= 0.3 is 41.8 Å². The zero-order chi connectivity index (χ0) is 33.3. The molecule has 18 nitrogen and oxygen atoms in total. The molecule has 2 rings (SSSR count). The third-order valence-corrected chi connectivity index (χ3v) is 5.90. The van der Waals surface area contributed by atoms with Gasteiger partial charge in [0.2, 0.25) is 0 Å². The van der Waals surface area contributed by atoms with Gasteiger partial charge in [0.25, 0.3) is 0 Å².